The molecule has 0 aliphatic heterocycles. The molecule has 2 heterocycles. The molecule has 0 radical (unpaired) electrons. The average Bonchev–Trinajstić information content (AvgIpc) is 2.81. The van der Waals surface area contributed by atoms with Crippen molar-refractivity contribution < 1.29 is 0 Å². The van der Waals surface area contributed by atoms with Crippen molar-refractivity contribution in [3.05, 3.63) is 30.2 Å². The van der Waals surface area contributed by atoms with Crippen LogP contribution in [0.4, 0.5) is 0 Å². The Bertz CT molecular complexity index is 477. The number of aromatic nitrogens is 3. The number of hydrogen-bond donors (Lipinski definition) is 1. The highest BCUT2D eigenvalue weighted by molar-refractivity contribution is 5.36. The van der Waals surface area contributed by atoms with Crippen LogP contribution in [0.3, 0.4) is 0 Å². The first-order valence-corrected chi connectivity index (χ1v) is 6.87. The lowest BCUT2D eigenvalue weighted by molar-refractivity contribution is 0.464. The highest BCUT2D eigenvalue weighted by atomic mass is 15.2. The molecule has 0 aromatic carbocycles. The Morgan fingerprint density at radius 1 is 1.28 bits per heavy atom. The van der Waals surface area contributed by atoms with Crippen LogP contribution in [-0.2, 0) is 6.42 Å². The summed E-state index contributed by atoms with van der Waals surface area (Å²) < 4.78 is 2.06. The Kier molecular flexibility index (Phi) is 4.70. The van der Waals surface area contributed by atoms with Crippen LogP contribution >= 0.6 is 0 Å². The second-order valence-corrected chi connectivity index (χ2v) is 4.64. The molecule has 2 aromatic rings. The van der Waals surface area contributed by atoms with Gasteiger partial charge in [0.1, 0.15) is 5.82 Å². The largest absolute Gasteiger partial charge is 0.314 e. The Labute approximate surface area is 108 Å². The summed E-state index contributed by atoms with van der Waals surface area (Å²) in [5, 5.41) is 12.0. The summed E-state index contributed by atoms with van der Waals surface area (Å²) >= 11 is 0. The summed E-state index contributed by atoms with van der Waals surface area (Å²) in [6.07, 6.45) is 6.62. The number of hydrogen-bond acceptors (Lipinski definition) is 3. The lowest BCUT2D eigenvalue weighted by atomic mass is 10.1. The van der Waals surface area contributed by atoms with E-state index in [-0.39, 0.29) is 0 Å². The number of rotatable bonds is 7. The summed E-state index contributed by atoms with van der Waals surface area (Å²) in [6.45, 7) is 5.43. The molecule has 1 atom stereocenters. The molecule has 98 valence electrons. The van der Waals surface area contributed by atoms with Crippen LogP contribution in [0.15, 0.2) is 24.4 Å². The van der Waals surface area contributed by atoms with E-state index in [1.54, 1.807) is 0 Å². The molecule has 0 spiro atoms. The zero-order valence-corrected chi connectivity index (χ0v) is 11.3. The minimum Gasteiger partial charge on any atom is -0.314 e. The molecule has 0 amide bonds. The average molecular weight is 246 g/mol. The summed E-state index contributed by atoms with van der Waals surface area (Å²) in [6, 6.07) is 6.62. The molecule has 0 aliphatic carbocycles. The molecule has 2 rings (SSSR count). The van der Waals surface area contributed by atoms with Gasteiger partial charge < -0.3 is 5.32 Å². The molecule has 0 bridgehead atoms. The van der Waals surface area contributed by atoms with Gasteiger partial charge in [-0.3, -0.25) is 4.40 Å². The summed E-state index contributed by atoms with van der Waals surface area (Å²) in [7, 11) is 0. The van der Waals surface area contributed by atoms with Gasteiger partial charge in [-0.05, 0) is 25.0 Å². The van der Waals surface area contributed by atoms with Gasteiger partial charge in [-0.1, -0.05) is 26.3 Å². The molecular formula is C14H22N4. The van der Waals surface area contributed by atoms with E-state index >= 15 is 0 Å². The van der Waals surface area contributed by atoms with Crippen molar-refractivity contribution in [3.63, 3.8) is 0 Å². The Hall–Kier alpha value is -1.42. The predicted molar refractivity (Wildman–Crippen MR) is 73.7 cm³/mol. The van der Waals surface area contributed by atoms with E-state index in [1.807, 2.05) is 24.4 Å². The Balaban J connectivity index is 1.90. The highest BCUT2D eigenvalue weighted by Gasteiger charge is 2.06. The lowest BCUT2D eigenvalue weighted by Crippen LogP contribution is -2.30. The van der Waals surface area contributed by atoms with E-state index in [1.165, 1.54) is 19.3 Å². The first kappa shape index (κ1) is 13.0. The van der Waals surface area contributed by atoms with Gasteiger partial charge in [-0.15, -0.1) is 10.2 Å². The molecule has 1 unspecified atom stereocenters. The fourth-order valence-electron chi connectivity index (χ4n) is 2.25. The van der Waals surface area contributed by atoms with Crippen LogP contribution in [0.5, 0.6) is 0 Å². The van der Waals surface area contributed by atoms with E-state index < -0.39 is 0 Å². The standard InChI is InChI=1S/C14H22N4/c1-3-7-12(4-2)15-10-9-14-17-16-13-8-5-6-11-18(13)14/h5-6,8,11-12,15H,3-4,7,9-10H2,1-2H3. The van der Waals surface area contributed by atoms with Gasteiger partial charge in [0.15, 0.2) is 5.65 Å². The molecule has 4 heteroatoms. The predicted octanol–water partition coefficient (Wildman–Crippen LogP) is 2.44. The zero-order valence-electron chi connectivity index (χ0n) is 11.3. The summed E-state index contributed by atoms with van der Waals surface area (Å²) in [5.74, 6) is 1.03. The van der Waals surface area contributed by atoms with Crippen molar-refractivity contribution in [3.8, 4) is 0 Å². The second-order valence-electron chi connectivity index (χ2n) is 4.64. The van der Waals surface area contributed by atoms with Crippen LogP contribution in [0.1, 0.15) is 38.9 Å². The van der Waals surface area contributed by atoms with E-state index in [2.05, 4.69) is 33.8 Å². The van der Waals surface area contributed by atoms with Crippen molar-refractivity contribution >= 4 is 5.65 Å². The zero-order chi connectivity index (χ0) is 12.8. The van der Waals surface area contributed by atoms with Gasteiger partial charge >= 0.3 is 0 Å². The maximum absolute atomic E-state index is 4.24. The fourth-order valence-corrected chi connectivity index (χ4v) is 2.25. The monoisotopic (exact) mass is 246 g/mol. The van der Waals surface area contributed by atoms with E-state index in [9.17, 15) is 0 Å². The lowest BCUT2D eigenvalue weighted by Gasteiger charge is -2.15. The van der Waals surface area contributed by atoms with Crippen molar-refractivity contribution in [2.75, 3.05) is 6.54 Å². The van der Waals surface area contributed by atoms with Gasteiger partial charge in [0.2, 0.25) is 0 Å². The number of pyridine rings is 1. The third-order valence-corrected chi connectivity index (χ3v) is 3.30. The van der Waals surface area contributed by atoms with Gasteiger partial charge in [0.25, 0.3) is 0 Å². The van der Waals surface area contributed by atoms with Crippen molar-refractivity contribution in [2.24, 2.45) is 0 Å². The third kappa shape index (κ3) is 3.07. The molecule has 0 saturated heterocycles. The van der Waals surface area contributed by atoms with Crippen LogP contribution in [0.2, 0.25) is 0 Å². The van der Waals surface area contributed by atoms with Crippen molar-refractivity contribution in [2.45, 2.75) is 45.6 Å². The maximum Gasteiger partial charge on any atom is 0.160 e. The molecule has 4 nitrogen and oxygen atoms in total. The van der Waals surface area contributed by atoms with Crippen LogP contribution in [0.25, 0.3) is 5.65 Å². The third-order valence-electron chi connectivity index (χ3n) is 3.30. The maximum atomic E-state index is 4.24. The number of nitrogens with one attached hydrogen (secondary N) is 1. The van der Waals surface area contributed by atoms with Crippen LogP contribution in [0, 0.1) is 0 Å². The highest BCUT2D eigenvalue weighted by Crippen LogP contribution is 2.04. The Morgan fingerprint density at radius 2 is 2.17 bits per heavy atom. The van der Waals surface area contributed by atoms with Crippen molar-refractivity contribution in [1.29, 1.82) is 0 Å². The number of fused-ring (bicyclic) bond motifs is 1. The SMILES string of the molecule is CCCC(CC)NCCc1nnc2ccccn12. The molecule has 0 fully saturated rings. The van der Waals surface area contributed by atoms with Crippen LogP contribution < -0.4 is 5.32 Å². The van der Waals surface area contributed by atoms with E-state index in [0.29, 0.717) is 6.04 Å². The van der Waals surface area contributed by atoms with Gasteiger partial charge in [0, 0.05) is 25.2 Å². The molecule has 0 aliphatic rings. The van der Waals surface area contributed by atoms with Gasteiger partial charge in [-0.2, -0.15) is 0 Å². The molecule has 0 saturated carbocycles. The molecular weight excluding hydrogens is 224 g/mol. The quantitative estimate of drug-likeness (QED) is 0.816. The minimum absolute atomic E-state index is 0.634. The number of nitrogens with zero attached hydrogens (tertiary/aromatic N) is 3. The normalized spacial score (nSPS) is 13.0. The first-order chi connectivity index (χ1) is 8.85. The summed E-state index contributed by atoms with van der Waals surface area (Å²) in [4.78, 5) is 0. The van der Waals surface area contributed by atoms with Crippen molar-refractivity contribution in [1.82, 2.24) is 19.9 Å². The second kappa shape index (κ2) is 6.50. The fraction of sp³-hybridized carbons (Fsp3) is 0.571. The van der Waals surface area contributed by atoms with E-state index in [0.717, 1.165) is 24.4 Å². The molecule has 2 aromatic heterocycles. The van der Waals surface area contributed by atoms with Gasteiger partial charge in [-0.25, -0.2) is 0 Å². The first-order valence-electron chi connectivity index (χ1n) is 6.87. The van der Waals surface area contributed by atoms with E-state index in [4.69, 9.17) is 0 Å². The Morgan fingerprint density at radius 3 is 2.94 bits per heavy atom. The van der Waals surface area contributed by atoms with Gasteiger partial charge in [0.05, 0.1) is 0 Å². The molecule has 1 N–H and O–H groups in total. The topological polar surface area (TPSA) is 42.2 Å². The van der Waals surface area contributed by atoms with Crippen LogP contribution in [-0.4, -0.2) is 27.2 Å². The summed E-state index contributed by atoms with van der Waals surface area (Å²) in [5.41, 5.74) is 0.924. The smallest absolute Gasteiger partial charge is 0.160 e. The minimum atomic E-state index is 0.634. The molecule has 18 heavy (non-hydrogen) atoms.